The van der Waals surface area contributed by atoms with Gasteiger partial charge in [-0.25, -0.2) is 10.0 Å². The van der Waals surface area contributed by atoms with Crippen molar-refractivity contribution in [3.63, 3.8) is 0 Å². The fourth-order valence-electron chi connectivity index (χ4n) is 1.31. The van der Waals surface area contributed by atoms with Crippen LogP contribution in [-0.2, 0) is 0 Å². The summed E-state index contributed by atoms with van der Waals surface area (Å²) < 4.78 is 0. The van der Waals surface area contributed by atoms with E-state index in [1.54, 1.807) is 0 Å². The van der Waals surface area contributed by atoms with Crippen LogP contribution in [0.5, 0.6) is 0 Å². The molecule has 0 aromatic rings. The quantitative estimate of drug-likeness (QED) is 0.507. The van der Waals surface area contributed by atoms with E-state index in [2.05, 4.69) is 5.01 Å². The first-order valence-corrected chi connectivity index (χ1v) is 3.97. The molecule has 2 atom stereocenters. The van der Waals surface area contributed by atoms with Gasteiger partial charge in [0.05, 0.1) is 6.10 Å². The molecule has 4 nitrogen and oxygen atoms in total. The highest BCUT2D eigenvalue weighted by molar-refractivity contribution is 4.80. The third-order valence-electron chi connectivity index (χ3n) is 2.16. The predicted molar refractivity (Wildman–Crippen MR) is 43.9 cm³/mol. The third kappa shape index (κ3) is 2.13. The molecule has 11 heavy (non-hydrogen) atoms. The Balaban J connectivity index is 2.40. The van der Waals surface area contributed by atoms with E-state index in [0.717, 1.165) is 19.5 Å². The molecule has 66 valence electrons. The Kier molecular flexibility index (Phi) is 2.84. The van der Waals surface area contributed by atoms with E-state index >= 15 is 0 Å². The minimum Gasteiger partial charge on any atom is -0.391 e. The van der Waals surface area contributed by atoms with Crippen LogP contribution in [-0.4, -0.2) is 54.5 Å². The van der Waals surface area contributed by atoms with Gasteiger partial charge in [-0.3, -0.25) is 0 Å². The summed E-state index contributed by atoms with van der Waals surface area (Å²) in [5, 5.41) is 13.5. The van der Waals surface area contributed by atoms with E-state index in [9.17, 15) is 5.11 Å². The first-order valence-electron chi connectivity index (χ1n) is 3.97. The van der Waals surface area contributed by atoms with Gasteiger partial charge in [0.1, 0.15) is 0 Å². The highest BCUT2D eigenvalue weighted by Crippen LogP contribution is 2.09. The van der Waals surface area contributed by atoms with E-state index in [-0.39, 0.29) is 12.1 Å². The maximum Gasteiger partial charge on any atom is 0.0716 e. The molecule has 0 aromatic heterocycles. The fourth-order valence-corrected chi connectivity index (χ4v) is 1.31. The largest absolute Gasteiger partial charge is 0.391 e. The van der Waals surface area contributed by atoms with Crippen LogP contribution in [0.25, 0.3) is 0 Å². The number of nitrogens with two attached hydrogens (primary N) is 1. The average molecular weight is 159 g/mol. The van der Waals surface area contributed by atoms with Crippen LogP contribution in [0, 0.1) is 0 Å². The molecular formula is C7H17N3O. The van der Waals surface area contributed by atoms with Gasteiger partial charge < -0.3 is 10.8 Å². The summed E-state index contributed by atoms with van der Waals surface area (Å²) in [5.74, 6) is 0. The zero-order chi connectivity index (χ0) is 8.43. The second-order valence-electron chi connectivity index (χ2n) is 3.28. The number of hydrogen-bond donors (Lipinski definition) is 2. The van der Waals surface area contributed by atoms with Crippen LogP contribution >= 0.6 is 0 Å². The molecule has 1 aliphatic rings. The van der Waals surface area contributed by atoms with Crippen LogP contribution in [0.15, 0.2) is 0 Å². The number of rotatable bonds is 1. The fraction of sp³-hybridized carbons (Fsp3) is 1.00. The number of piperidine rings is 1. The molecule has 1 saturated heterocycles. The van der Waals surface area contributed by atoms with Crippen LogP contribution in [0.2, 0.25) is 0 Å². The van der Waals surface area contributed by atoms with Gasteiger partial charge in [-0.15, -0.1) is 0 Å². The van der Waals surface area contributed by atoms with Gasteiger partial charge in [0.25, 0.3) is 0 Å². The zero-order valence-electron chi connectivity index (χ0n) is 7.20. The molecule has 0 spiro atoms. The van der Waals surface area contributed by atoms with Crippen LogP contribution in [0.1, 0.15) is 6.42 Å². The van der Waals surface area contributed by atoms with Gasteiger partial charge in [-0.1, -0.05) is 0 Å². The van der Waals surface area contributed by atoms with E-state index < -0.39 is 0 Å². The average Bonchev–Trinajstić information content (AvgIpc) is 1.94. The number of nitrogens with zero attached hydrogens (tertiary/aromatic N) is 2. The number of hydrazine groups is 1. The molecule has 0 amide bonds. The second kappa shape index (κ2) is 3.49. The Morgan fingerprint density at radius 1 is 1.55 bits per heavy atom. The van der Waals surface area contributed by atoms with E-state index in [1.165, 1.54) is 0 Å². The molecule has 0 radical (unpaired) electrons. The minimum atomic E-state index is -0.314. The molecular weight excluding hydrogens is 142 g/mol. The lowest BCUT2D eigenvalue weighted by Gasteiger charge is -2.37. The third-order valence-corrected chi connectivity index (χ3v) is 2.16. The second-order valence-corrected chi connectivity index (χ2v) is 3.28. The molecule has 0 saturated carbocycles. The minimum absolute atomic E-state index is 0.0915. The molecule has 0 aliphatic carbocycles. The monoisotopic (exact) mass is 159 g/mol. The Labute approximate surface area is 67.5 Å². The van der Waals surface area contributed by atoms with Crippen molar-refractivity contribution >= 4 is 0 Å². The summed E-state index contributed by atoms with van der Waals surface area (Å²) in [5.41, 5.74) is 5.69. The number of hydrogen-bond acceptors (Lipinski definition) is 4. The molecule has 1 heterocycles. The van der Waals surface area contributed by atoms with Crippen molar-refractivity contribution in [2.45, 2.75) is 18.6 Å². The summed E-state index contributed by atoms with van der Waals surface area (Å²) in [7, 11) is 3.98. The molecule has 4 heteroatoms. The Morgan fingerprint density at radius 3 is 2.64 bits per heavy atom. The summed E-state index contributed by atoms with van der Waals surface area (Å²) in [4.78, 5) is 0. The van der Waals surface area contributed by atoms with Crippen molar-refractivity contribution in [2.75, 3.05) is 27.2 Å². The summed E-state index contributed by atoms with van der Waals surface area (Å²) in [6, 6.07) is -0.0915. The first-order chi connectivity index (χ1) is 5.11. The van der Waals surface area contributed by atoms with Gasteiger partial charge in [0.15, 0.2) is 0 Å². The Bertz CT molecular complexity index is 129. The highest BCUT2D eigenvalue weighted by Gasteiger charge is 2.25. The molecule has 3 N–H and O–H groups in total. The normalized spacial score (nSPS) is 34.6. The van der Waals surface area contributed by atoms with Crippen molar-refractivity contribution < 1.29 is 5.11 Å². The number of aliphatic hydroxyl groups is 1. The van der Waals surface area contributed by atoms with E-state index in [1.807, 2.05) is 19.1 Å². The highest BCUT2D eigenvalue weighted by atomic mass is 16.3. The predicted octanol–water partition coefficient (Wildman–Crippen LogP) is -1.14. The summed E-state index contributed by atoms with van der Waals surface area (Å²) in [6.45, 7) is 1.66. The molecule has 1 fully saturated rings. The SMILES string of the molecule is CN(C)N1CC[C@H](O)[C@H](N)C1. The summed E-state index contributed by atoms with van der Waals surface area (Å²) >= 11 is 0. The zero-order valence-corrected chi connectivity index (χ0v) is 7.20. The number of aliphatic hydroxyl groups excluding tert-OH is 1. The molecule has 1 aliphatic heterocycles. The van der Waals surface area contributed by atoms with Crippen LogP contribution in [0.4, 0.5) is 0 Å². The van der Waals surface area contributed by atoms with Crippen molar-refractivity contribution in [1.29, 1.82) is 0 Å². The summed E-state index contributed by atoms with van der Waals surface area (Å²) in [6.07, 6.45) is 0.463. The van der Waals surface area contributed by atoms with Gasteiger partial charge in [0, 0.05) is 33.2 Å². The molecule has 0 aromatic carbocycles. The van der Waals surface area contributed by atoms with Gasteiger partial charge in [-0.2, -0.15) is 0 Å². The van der Waals surface area contributed by atoms with Crippen molar-refractivity contribution in [3.05, 3.63) is 0 Å². The van der Waals surface area contributed by atoms with Crippen LogP contribution < -0.4 is 5.73 Å². The van der Waals surface area contributed by atoms with E-state index in [0.29, 0.717) is 0 Å². The smallest absolute Gasteiger partial charge is 0.0716 e. The Morgan fingerprint density at radius 2 is 2.18 bits per heavy atom. The molecule has 0 bridgehead atoms. The molecule has 0 unspecified atom stereocenters. The van der Waals surface area contributed by atoms with Crippen LogP contribution in [0.3, 0.4) is 0 Å². The van der Waals surface area contributed by atoms with Crippen molar-refractivity contribution in [2.24, 2.45) is 5.73 Å². The van der Waals surface area contributed by atoms with Gasteiger partial charge in [-0.05, 0) is 6.42 Å². The lowest BCUT2D eigenvalue weighted by atomic mass is 10.0. The van der Waals surface area contributed by atoms with Gasteiger partial charge in [0.2, 0.25) is 0 Å². The first kappa shape index (κ1) is 8.93. The lowest BCUT2D eigenvalue weighted by Crippen LogP contribution is -2.54. The lowest BCUT2D eigenvalue weighted by molar-refractivity contribution is -0.0398. The Hall–Kier alpha value is -0.160. The maximum absolute atomic E-state index is 9.31. The van der Waals surface area contributed by atoms with Gasteiger partial charge >= 0.3 is 0 Å². The van der Waals surface area contributed by atoms with Crippen molar-refractivity contribution in [1.82, 2.24) is 10.0 Å². The topological polar surface area (TPSA) is 52.7 Å². The van der Waals surface area contributed by atoms with Crippen molar-refractivity contribution in [3.8, 4) is 0 Å². The molecule has 1 rings (SSSR count). The standard InChI is InChI=1S/C7H17N3O/c1-9(2)10-4-3-7(11)6(8)5-10/h6-7,11H,3-5,8H2,1-2H3/t6-,7+/m1/s1. The maximum atomic E-state index is 9.31. The van der Waals surface area contributed by atoms with E-state index in [4.69, 9.17) is 5.73 Å².